The first-order valence-electron chi connectivity index (χ1n) is 7.33. The maximum atomic E-state index is 12.4. The number of aromatic nitrogens is 1. The monoisotopic (exact) mass is 387 g/mol. The first-order valence-corrected chi connectivity index (χ1v) is 8.55. The van der Waals surface area contributed by atoms with Crippen LogP contribution in [-0.2, 0) is 11.3 Å². The standard InChI is InChI=1S/C16H9N3O5S2/c20-14-12(10-6-8(19(22)23)3-4-11(10)17-14)13-15(21)18(16(25)26-13)7-9-2-1-5-24-9/h1-6,21H,7H2. The molecule has 0 radical (unpaired) electrons. The Kier molecular flexibility index (Phi) is 3.78. The molecule has 0 atom stereocenters. The van der Waals surface area contributed by atoms with Crippen molar-refractivity contribution in [3.63, 3.8) is 0 Å². The Morgan fingerprint density at radius 3 is 2.88 bits per heavy atom. The molecule has 130 valence electrons. The van der Waals surface area contributed by atoms with Crippen molar-refractivity contribution in [1.29, 1.82) is 0 Å². The lowest BCUT2D eigenvalue weighted by molar-refractivity contribution is -0.385. The molecule has 0 saturated carbocycles. The third-order valence-electron chi connectivity index (χ3n) is 3.89. The van der Waals surface area contributed by atoms with E-state index in [2.05, 4.69) is 4.99 Å². The number of furan rings is 1. The van der Waals surface area contributed by atoms with Crippen LogP contribution in [0.15, 0.2) is 46.0 Å². The van der Waals surface area contributed by atoms with Crippen molar-refractivity contribution in [1.82, 2.24) is 4.57 Å². The summed E-state index contributed by atoms with van der Waals surface area (Å²) in [5, 5.41) is 22.3. The van der Waals surface area contributed by atoms with E-state index < -0.39 is 10.8 Å². The molecule has 0 unspecified atom stereocenters. The van der Waals surface area contributed by atoms with Crippen LogP contribution in [0.2, 0.25) is 0 Å². The molecule has 3 heterocycles. The van der Waals surface area contributed by atoms with Gasteiger partial charge in [-0.05, 0) is 30.4 Å². The molecule has 26 heavy (non-hydrogen) atoms. The van der Waals surface area contributed by atoms with E-state index in [0.29, 0.717) is 20.3 Å². The van der Waals surface area contributed by atoms with Crippen LogP contribution in [0.25, 0.3) is 5.57 Å². The number of aromatic hydroxyl groups is 1. The van der Waals surface area contributed by atoms with E-state index in [9.17, 15) is 20.0 Å². The van der Waals surface area contributed by atoms with Crippen molar-refractivity contribution in [2.45, 2.75) is 6.54 Å². The van der Waals surface area contributed by atoms with Crippen molar-refractivity contribution in [2.75, 3.05) is 0 Å². The summed E-state index contributed by atoms with van der Waals surface area (Å²) in [6.07, 6.45) is 1.51. The van der Waals surface area contributed by atoms with E-state index >= 15 is 0 Å². The minimum Gasteiger partial charge on any atom is -0.493 e. The SMILES string of the molecule is O=C1N=c2ccc([N+](=O)[O-])cc2=C1c1sc(=S)n(Cc2ccco2)c1O. The van der Waals surface area contributed by atoms with Crippen molar-refractivity contribution in [3.8, 4) is 5.88 Å². The number of thiazole rings is 1. The largest absolute Gasteiger partial charge is 0.493 e. The topological polar surface area (TPSA) is 111 Å². The quantitative estimate of drug-likeness (QED) is 0.416. The Morgan fingerprint density at radius 2 is 2.19 bits per heavy atom. The molecule has 0 saturated heterocycles. The molecule has 1 N–H and O–H groups in total. The van der Waals surface area contributed by atoms with Gasteiger partial charge in [-0.15, -0.1) is 11.3 Å². The number of rotatable bonds is 4. The second kappa shape index (κ2) is 6.00. The first kappa shape index (κ1) is 16.4. The smallest absolute Gasteiger partial charge is 0.279 e. The van der Waals surface area contributed by atoms with Crippen molar-refractivity contribution in [2.24, 2.45) is 4.99 Å². The lowest BCUT2D eigenvalue weighted by atomic mass is 10.1. The van der Waals surface area contributed by atoms with Gasteiger partial charge in [0.15, 0.2) is 3.95 Å². The van der Waals surface area contributed by atoms with Gasteiger partial charge in [-0.25, -0.2) is 4.99 Å². The zero-order valence-corrected chi connectivity index (χ0v) is 14.5. The Balaban J connectivity index is 1.93. The third-order valence-corrected chi connectivity index (χ3v) is 5.34. The summed E-state index contributed by atoms with van der Waals surface area (Å²) in [7, 11) is 0. The van der Waals surface area contributed by atoms with E-state index in [1.807, 2.05) is 0 Å². The van der Waals surface area contributed by atoms with E-state index in [1.54, 1.807) is 12.1 Å². The summed E-state index contributed by atoms with van der Waals surface area (Å²) in [6.45, 7) is 0.203. The van der Waals surface area contributed by atoms with Crippen LogP contribution in [0.5, 0.6) is 5.88 Å². The van der Waals surface area contributed by atoms with E-state index in [0.717, 1.165) is 11.3 Å². The van der Waals surface area contributed by atoms with Gasteiger partial charge < -0.3 is 9.52 Å². The van der Waals surface area contributed by atoms with Crippen molar-refractivity contribution < 1.29 is 19.2 Å². The van der Waals surface area contributed by atoms with Gasteiger partial charge in [-0.2, -0.15) is 0 Å². The summed E-state index contributed by atoms with van der Waals surface area (Å²) in [4.78, 5) is 27.0. The third kappa shape index (κ3) is 2.55. The van der Waals surface area contributed by atoms with Gasteiger partial charge in [-0.1, -0.05) is 0 Å². The molecular formula is C16H9N3O5S2. The van der Waals surface area contributed by atoms with Crippen LogP contribution in [0, 0.1) is 14.1 Å². The molecule has 10 heteroatoms. The van der Waals surface area contributed by atoms with Gasteiger partial charge >= 0.3 is 0 Å². The number of benzene rings is 1. The lowest BCUT2D eigenvalue weighted by Crippen LogP contribution is -2.23. The summed E-state index contributed by atoms with van der Waals surface area (Å²) in [6, 6.07) is 7.42. The zero-order valence-electron chi connectivity index (χ0n) is 12.9. The van der Waals surface area contributed by atoms with Crippen LogP contribution in [0.4, 0.5) is 5.69 Å². The van der Waals surface area contributed by atoms with E-state index in [1.165, 1.54) is 29.0 Å². The summed E-state index contributed by atoms with van der Waals surface area (Å²) in [5.74, 6) is -0.185. The van der Waals surface area contributed by atoms with Gasteiger partial charge in [0.2, 0.25) is 5.88 Å². The molecule has 0 bridgehead atoms. The number of hydrogen-bond donors (Lipinski definition) is 1. The number of amides is 1. The van der Waals surface area contributed by atoms with Gasteiger partial charge in [-0.3, -0.25) is 19.5 Å². The molecule has 0 spiro atoms. The molecular weight excluding hydrogens is 378 g/mol. The molecule has 3 aromatic rings. The average Bonchev–Trinajstić information content (AvgIpc) is 3.28. The first-order chi connectivity index (χ1) is 12.5. The minimum absolute atomic E-state index is 0.107. The van der Waals surface area contributed by atoms with Gasteiger partial charge in [0.05, 0.1) is 28.7 Å². The molecule has 1 aliphatic rings. The average molecular weight is 387 g/mol. The summed E-state index contributed by atoms with van der Waals surface area (Å²) < 4.78 is 7.04. The van der Waals surface area contributed by atoms with E-state index in [-0.39, 0.29) is 28.6 Å². The molecule has 0 aliphatic carbocycles. The van der Waals surface area contributed by atoms with Crippen molar-refractivity contribution in [3.05, 3.63) is 71.9 Å². The van der Waals surface area contributed by atoms with Gasteiger partial charge in [0.25, 0.3) is 11.6 Å². The second-order valence-corrected chi connectivity index (χ2v) is 7.08. The highest BCUT2D eigenvalue weighted by Crippen LogP contribution is 2.33. The fourth-order valence-electron chi connectivity index (χ4n) is 2.69. The molecule has 1 aliphatic heterocycles. The molecule has 2 aromatic heterocycles. The molecule has 4 rings (SSSR count). The maximum absolute atomic E-state index is 12.4. The number of carbonyl (C=O) groups is 1. The Hall–Kier alpha value is -3.11. The van der Waals surface area contributed by atoms with Crippen LogP contribution in [0.3, 0.4) is 0 Å². The number of nitro groups is 1. The minimum atomic E-state index is -0.572. The van der Waals surface area contributed by atoms with E-state index in [4.69, 9.17) is 16.6 Å². The van der Waals surface area contributed by atoms with Crippen LogP contribution in [-0.4, -0.2) is 20.5 Å². The number of hydrogen-bond acceptors (Lipinski definition) is 7. The zero-order chi connectivity index (χ0) is 18.4. The van der Waals surface area contributed by atoms with Crippen LogP contribution >= 0.6 is 23.6 Å². The number of fused-ring (bicyclic) bond motifs is 1. The van der Waals surface area contributed by atoms with Gasteiger partial charge in [0, 0.05) is 17.4 Å². The Morgan fingerprint density at radius 1 is 1.38 bits per heavy atom. The molecule has 1 aromatic carbocycles. The second-order valence-electron chi connectivity index (χ2n) is 5.44. The highest BCUT2D eigenvalue weighted by Gasteiger charge is 2.26. The Labute approximate surface area is 154 Å². The van der Waals surface area contributed by atoms with Crippen LogP contribution < -0.4 is 10.6 Å². The maximum Gasteiger partial charge on any atom is 0.279 e. The molecule has 1 amide bonds. The summed E-state index contributed by atoms with van der Waals surface area (Å²) >= 11 is 6.33. The normalized spacial score (nSPS) is 12.9. The van der Waals surface area contributed by atoms with Crippen molar-refractivity contribution >= 4 is 40.7 Å². The van der Waals surface area contributed by atoms with Gasteiger partial charge in [0.1, 0.15) is 10.6 Å². The number of nitrogens with zero attached hydrogens (tertiary/aromatic N) is 3. The highest BCUT2D eigenvalue weighted by atomic mass is 32.1. The highest BCUT2D eigenvalue weighted by molar-refractivity contribution is 7.73. The van der Waals surface area contributed by atoms with Crippen LogP contribution in [0.1, 0.15) is 10.6 Å². The fraction of sp³-hybridized carbons (Fsp3) is 0.0625. The summed E-state index contributed by atoms with van der Waals surface area (Å²) in [5.41, 5.74) is -0.0558. The predicted molar refractivity (Wildman–Crippen MR) is 94.0 cm³/mol. The molecule has 0 fully saturated rings. The Bertz CT molecular complexity index is 1240. The number of non-ortho nitro benzene ring substituents is 1. The number of carbonyl (C=O) groups excluding carboxylic acids is 1. The number of nitro benzene ring substituents is 1. The lowest BCUT2D eigenvalue weighted by Gasteiger charge is -2.03. The fourth-order valence-corrected chi connectivity index (χ4v) is 4.03. The predicted octanol–water partition coefficient (Wildman–Crippen LogP) is 1.89. The molecule has 8 nitrogen and oxygen atoms in total.